The number of nitrogens with one attached hydrogen (secondary N) is 2. The molecule has 0 unspecified atom stereocenters. The van der Waals surface area contributed by atoms with Crippen LogP contribution in [0.2, 0.25) is 0 Å². The van der Waals surface area contributed by atoms with Crippen molar-refractivity contribution in [1.82, 2.24) is 19.6 Å². The Bertz CT molecular complexity index is 1770. The predicted octanol–water partition coefficient (Wildman–Crippen LogP) is 5.63. The molecular weight excluding hydrogens is 624 g/mol. The van der Waals surface area contributed by atoms with E-state index >= 15 is 0 Å². The number of hydrogen-bond acceptors (Lipinski definition) is 6. The van der Waals surface area contributed by atoms with Crippen molar-refractivity contribution >= 4 is 21.7 Å². The first-order valence-corrected chi connectivity index (χ1v) is 14.9. The Balaban J connectivity index is 1.39. The molecule has 0 bridgehead atoms. The van der Waals surface area contributed by atoms with E-state index in [2.05, 4.69) is 20.6 Å². The van der Waals surface area contributed by atoms with Gasteiger partial charge >= 0.3 is 6.18 Å². The quantitative estimate of drug-likeness (QED) is 0.228. The van der Waals surface area contributed by atoms with Crippen molar-refractivity contribution in [2.75, 3.05) is 11.9 Å². The molecule has 0 aliphatic carbocycles. The largest absolute Gasteiger partial charge is 0.416 e. The second-order valence-electron chi connectivity index (χ2n) is 10.3. The number of pyridine rings is 2. The molecule has 4 aromatic rings. The van der Waals surface area contributed by atoms with Crippen LogP contribution in [-0.2, 0) is 34.1 Å². The monoisotopic (exact) mass is 649 g/mol. The number of aromatic nitrogens is 2. The number of carbonyl (C=O) groups is 1. The van der Waals surface area contributed by atoms with Crippen LogP contribution in [0.5, 0.6) is 0 Å². The van der Waals surface area contributed by atoms with Gasteiger partial charge in [-0.05, 0) is 71.8 Å². The highest BCUT2D eigenvalue weighted by Gasteiger charge is 2.52. The molecular formula is C30H25F6N5O3S. The van der Waals surface area contributed by atoms with Gasteiger partial charge in [-0.15, -0.1) is 0 Å². The lowest BCUT2D eigenvalue weighted by molar-refractivity contribution is -0.137. The third-order valence-electron chi connectivity index (χ3n) is 7.03. The minimum atomic E-state index is -4.58. The van der Waals surface area contributed by atoms with Gasteiger partial charge < -0.3 is 10.6 Å². The molecule has 45 heavy (non-hydrogen) atoms. The standard InChI is InChI=1S/C30H25F6N5O3S/c31-23-5-7-24(8-6-23)45(43,44)41-18-29(32,33)15-26(41)28(42)39-17-20-13-25(21-1-3-22(4-2-21)30(34,35)36)40-27(14-20)38-16-19-9-11-37-12-10-19/h1-14,26H,15-18H2,(H,38,40)(H,39,42)/t26-/m0/s1. The van der Waals surface area contributed by atoms with Crippen molar-refractivity contribution in [1.29, 1.82) is 0 Å². The van der Waals surface area contributed by atoms with Crippen LogP contribution in [0.25, 0.3) is 11.3 Å². The number of rotatable bonds is 9. The molecule has 0 radical (unpaired) electrons. The summed E-state index contributed by atoms with van der Waals surface area (Å²) in [6, 6.07) is 12.7. The van der Waals surface area contributed by atoms with Gasteiger partial charge in [0, 0.05) is 37.5 Å². The fourth-order valence-electron chi connectivity index (χ4n) is 4.76. The normalized spacial score (nSPS) is 16.8. The van der Waals surface area contributed by atoms with E-state index in [1.165, 1.54) is 18.2 Å². The fraction of sp³-hybridized carbons (Fsp3) is 0.233. The topological polar surface area (TPSA) is 104 Å². The minimum absolute atomic E-state index is 0.245. The van der Waals surface area contributed by atoms with Gasteiger partial charge in [0.25, 0.3) is 5.92 Å². The summed E-state index contributed by atoms with van der Waals surface area (Å²) in [6.07, 6.45) is -2.41. The zero-order valence-corrected chi connectivity index (χ0v) is 24.0. The predicted molar refractivity (Wildman–Crippen MR) is 152 cm³/mol. The lowest BCUT2D eigenvalue weighted by Gasteiger charge is -2.23. The average Bonchev–Trinajstić information content (AvgIpc) is 3.35. The molecule has 2 aromatic carbocycles. The van der Waals surface area contributed by atoms with Gasteiger partial charge in [0.15, 0.2) is 0 Å². The molecule has 1 fully saturated rings. The number of halogens is 6. The van der Waals surface area contributed by atoms with Crippen molar-refractivity contribution in [3.63, 3.8) is 0 Å². The van der Waals surface area contributed by atoms with Crippen LogP contribution < -0.4 is 10.6 Å². The number of nitrogens with zero attached hydrogens (tertiary/aromatic N) is 3. The molecule has 1 aliphatic rings. The molecule has 236 valence electrons. The molecule has 8 nitrogen and oxygen atoms in total. The molecule has 0 spiro atoms. The summed E-state index contributed by atoms with van der Waals surface area (Å²) in [5.41, 5.74) is 1.02. The third kappa shape index (κ3) is 7.60. The Morgan fingerprint density at radius 3 is 2.24 bits per heavy atom. The zero-order valence-electron chi connectivity index (χ0n) is 23.2. The molecule has 15 heteroatoms. The molecule has 5 rings (SSSR count). The van der Waals surface area contributed by atoms with Crippen LogP contribution in [0.3, 0.4) is 0 Å². The maximum atomic E-state index is 14.5. The highest BCUT2D eigenvalue weighted by molar-refractivity contribution is 7.89. The van der Waals surface area contributed by atoms with Gasteiger partial charge in [0.2, 0.25) is 15.9 Å². The van der Waals surface area contributed by atoms with E-state index in [9.17, 15) is 39.6 Å². The fourth-order valence-corrected chi connectivity index (χ4v) is 6.38. The average molecular weight is 650 g/mol. The Labute approximate surface area is 254 Å². The summed E-state index contributed by atoms with van der Waals surface area (Å²) in [5.74, 6) is -4.90. The van der Waals surface area contributed by atoms with Gasteiger partial charge in [0.05, 0.1) is 22.7 Å². The summed E-state index contributed by atoms with van der Waals surface area (Å²) in [6.45, 7) is -1.17. The molecule has 1 aliphatic heterocycles. The number of benzene rings is 2. The maximum absolute atomic E-state index is 14.5. The van der Waals surface area contributed by atoms with Crippen LogP contribution in [-0.4, -0.2) is 47.1 Å². The van der Waals surface area contributed by atoms with Crippen LogP contribution in [0.4, 0.5) is 32.2 Å². The first-order valence-electron chi connectivity index (χ1n) is 13.5. The zero-order chi connectivity index (χ0) is 32.4. The summed E-state index contributed by atoms with van der Waals surface area (Å²) >= 11 is 0. The smallest absolute Gasteiger partial charge is 0.366 e. The first-order chi connectivity index (χ1) is 21.2. The Hall–Kier alpha value is -4.50. The minimum Gasteiger partial charge on any atom is -0.366 e. The van der Waals surface area contributed by atoms with E-state index in [-0.39, 0.29) is 12.2 Å². The van der Waals surface area contributed by atoms with Crippen LogP contribution in [0, 0.1) is 5.82 Å². The number of anilines is 1. The highest BCUT2D eigenvalue weighted by Crippen LogP contribution is 2.36. The van der Waals surface area contributed by atoms with E-state index in [0.717, 1.165) is 42.0 Å². The van der Waals surface area contributed by atoms with Crippen LogP contribution >= 0.6 is 0 Å². The first kappa shape index (κ1) is 31.9. The SMILES string of the molecule is O=C(NCc1cc(NCc2ccncc2)nc(-c2ccc(C(F)(F)F)cc2)c1)[C@@H]1CC(F)(F)CN1S(=O)(=O)c1ccc(F)cc1. The second kappa shape index (κ2) is 12.5. The van der Waals surface area contributed by atoms with Crippen LogP contribution in [0.15, 0.2) is 90.1 Å². The highest BCUT2D eigenvalue weighted by atomic mass is 32.2. The molecule has 3 heterocycles. The van der Waals surface area contributed by atoms with Gasteiger partial charge in [-0.25, -0.2) is 26.6 Å². The summed E-state index contributed by atoms with van der Waals surface area (Å²) in [7, 11) is -4.58. The number of alkyl halides is 5. The second-order valence-corrected chi connectivity index (χ2v) is 12.2. The Morgan fingerprint density at radius 1 is 0.933 bits per heavy atom. The summed E-state index contributed by atoms with van der Waals surface area (Å²) in [4.78, 5) is 21.2. The number of sulfonamides is 1. The van der Waals surface area contributed by atoms with Crippen molar-refractivity contribution in [3.05, 3.63) is 108 Å². The van der Waals surface area contributed by atoms with Crippen molar-refractivity contribution in [2.24, 2.45) is 0 Å². The summed E-state index contributed by atoms with van der Waals surface area (Å²) < 4.78 is 108. The van der Waals surface area contributed by atoms with E-state index < -0.39 is 63.3 Å². The van der Waals surface area contributed by atoms with E-state index in [4.69, 9.17) is 0 Å². The van der Waals surface area contributed by atoms with Crippen LogP contribution in [0.1, 0.15) is 23.1 Å². The molecule has 1 atom stereocenters. The van der Waals surface area contributed by atoms with Gasteiger partial charge in [-0.2, -0.15) is 17.5 Å². The van der Waals surface area contributed by atoms with E-state index in [1.807, 2.05) is 0 Å². The maximum Gasteiger partial charge on any atom is 0.416 e. The molecule has 1 amide bonds. The van der Waals surface area contributed by atoms with Crippen molar-refractivity contribution < 1.29 is 39.6 Å². The molecule has 1 saturated heterocycles. The molecule has 2 N–H and O–H groups in total. The summed E-state index contributed by atoms with van der Waals surface area (Å²) in [5, 5.41) is 5.60. The molecule has 0 saturated carbocycles. The number of carbonyl (C=O) groups excluding carboxylic acids is 1. The Morgan fingerprint density at radius 2 is 1.60 bits per heavy atom. The number of hydrogen-bond donors (Lipinski definition) is 2. The molecule has 2 aromatic heterocycles. The Kier molecular flexibility index (Phi) is 8.85. The third-order valence-corrected chi connectivity index (χ3v) is 8.90. The van der Waals surface area contributed by atoms with Gasteiger partial charge in [0.1, 0.15) is 17.7 Å². The van der Waals surface area contributed by atoms with Gasteiger partial charge in [-0.3, -0.25) is 9.78 Å². The lowest BCUT2D eigenvalue weighted by Crippen LogP contribution is -2.45. The number of amides is 1. The van der Waals surface area contributed by atoms with Crippen molar-refractivity contribution in [3.8, 4) is 11.3 Å². The lowest BCUT2D eigenvalue weighted by atomic mass is 10.1. The van der Waals surface area contributed by atoms with Crippen molar-refractivity contribution in [2.45, 2.75) is 42.5 Å². The van der Waals surface area contributed by atoms with E-state index in [0.29, 0.717) is 27.8 Å². The van der Waals surface area contributed by atoms with E-state index in [1.54, 1.807) is 30.6 Å². The van der Waals surface area contributed by atoms with Gasteiger partial charge in [-0.1, -0.05) is 12.1 Å².